The second kappa shape index (κ2) is 9.28. The summed E-state index contributed by atoms with van der Waals surface area (Å²) < 4.78 is 38.4. The van der Waals surface area contributed by atoms with Gasteiger partial charge < -0.3 is 14.8 Å². The third-order valence-corrected chi connectivity index (χ3v) is 8.79. The zero-order valence-corrected chi connectivity index (χ0v) is 19.5. The Morgan fingerprint density at radius 3 is 2.81 bits per heavy atom. The number of carbonyl (C=O) groups excluding carboxylic acids is 1. The van der Waals surface area contributed by atoms with E-state index in [9.17, 15) is 13.2 Å². The second-order valence-corrected chi connectivity index (χ2v) is 11.0. The lowest BCUT2D eigenvalue weighted by Gasteiger charge is -2.26. The molecule has 1 aliphatic heterocycles. The summed E-state index contributed by atoms with van der Waals surface area (Å²) >= 11 is 1.52. The number of nitrogens with one attached hydrogen (secondary N) is 1. The fraction of sp³-hybridized carbons (Fsp3) is 0.500. The van der Waals surface area contributed by atoms with Crippen molar-refractivity contribution in [3.05, 3.63) is 39.6 Å². The number of rotatable bonds is 6. The molecule has 31 heavy (non-hydrogen) atoms. The van der Waals surface area contributed by atoms with Gasteiger partial charge >= 0.3 is 0 Å². The van der Waals surface area contributed by atoms with E-state index in [1.807, 2.05) is 13.0 Å². The Morgan fingerprint density at radius 2 is 2.06 bits per heavy atom. The second-order valence-electron chi connectivity index (χ2n) is 7.97. The molecule has 2 heterocycles. The summed E-state index contributed by atoms with van der Waals surface area (Å²) in [7, 11) is -3.68. The predicted octanol–water partition coefficient (Wildman–Crippen LogP) is 3.54. The quantitative estimate of drug-likeness (QED) is 0.707. The Hall–Kier alpha value is -1.94. The normalized spacial score (nSPS) is 19.6. The number of carbonyl (C=O) groups is 1. The molecular formula is C22H28N2O5S2. The van der Waals surface area contributed by atoms with E-state index in [0.717, 1.165) is 19.3 Å². The van der Waals surface area contributed by atoms with Crippen LogP contribution in [-0.2, 0) is 27.6 Å². The number of hydrogen-bond donors (Lipinski definition) is 1. The number of amides is 1. The number of benzene rings is 1. The van der Waals surface area contributed by atoms with E-state index in [1.165, 1.54) is 38.2 Å². The molecule has 1 unspecified atom stereocenters. The van der Waals surface area contributed by atoms with Gasteiger partial charge in [0.15, 0.2) is 0 Å². The summed E-state index contributed by atoms with van der Waals surface area (Å²) in [6, 6.07) is 6.59. The van der Waals surface area contributed by atoms with Crippen molar-refractivity contribution in [1.82, 2.24) is 4.31 Å². The average molecular weight is 465 g/mol. The first-order chi connectivity index (χ1) is 14.9. The van der Waals surface area contributed by atoms with Crippen LogP contribution in [0.4, 0.5) is 5.69 Å². The smallest absolute Gasteiger partial charge is 0.265 e. The largest absolute Gasteiger partial charge is 0.492 e. The van der Waals surface area contributed by atoms with Gasteiger partial charge in [-0.2, -0.15) is 4.31 Å². The number of anilines is 1. The molecule has 0 radical (unpaired) electrons. The van der Waals surface area contributed by atoms with Crippen LogP contribution in [-0.4, -0.2) is 51.5 Å². The van der Waals surface area contributed by atoms with Gasteiger partial charge in [-0.25, -0.2) is 8.42 Å². The van der Waals surface area contributed by atoms with Crippen molar-refractivity contribution in [2.45, 2.75) is 38.0 Å². The van der Waals surface area contributed by atoms with Gasteiger partial charge in [-0.1, -0.05) is 6.92 Å². The van der Waals surface area contributed by atoms with E-state index in [-0.39, 0.29) is 10.8 Å². The summed E-state index contributed by atoms with van der Waals surface area (Å²) in [4.78, 5) is 15.0. The van der Waals surface area contributed by atoms with Crippen molar-refractivity contribution in [2.75, 3.05) is 38.2 Å². The van der Waals surface area contributed by atoms with Crippen molar-refractivity contribution in [3.8, 4) is 5.75 Å². The van der Waals surface area contributed by atoms with E-state index in [2.05, 4.69) is 12.2 Å². The molecule has 1 fully saturated rings. The van der Waals surface area contributed by atoms with Gasteiger partial charge in [0.05, 0.1) is 35.3 Å². The number of sulfonamides is 1. The van der Waals surface area contributed by atoms with Crippen LogP contribution < -0.4 is 10.1 Å². The van der Waals surface area contributed by atoms with Gasteiger partial charge in [-0.3, -0.25) is 4.79 Å². The Labute approximate surface area is 187 Å². The number of aryl methyl sites for hydroxylation is 1. The summed E-state index contributed by atoms with van der Waals surface area (Å²) in [6.45, 7) is 5.87. The van der Waals surface area contributed by atoms with Crippen molar-refractivity contribution < 1.29 is 22.7 Å². The maximum absolute atomic E-state index is 13.0. The number of fused-ring (bicyclic) bond motifs is 1. The summed E-state index contributed by atoms with van der Waals surface area (Å²) in [5.41, 5.74) is 1.61. The molecule has 1 atom stereocenters. The third kappa shape index (κ3) is 4.79. The van der Waals surface area contributed by atoms with Crippen molar-refractivity contribution in [3.63, 3.8) is 0 Å². The molecule has 2 aliphatic rings. The van der Waals surface area contributed by atoms with E-state index in [4.69, 9.17) is 9.47 Å². The van der Waals surface area contributed by atoms with E-state index < -0.39 is 10.0 Å². The summed E-state index contributed by atoms with van der Waals surface area (Å²) in [5, 5.41) is 2.89. The summed E-state index contributed by atoms with van der Waals surface area (Å²) in [5.74, 6) is 0.838. The molecule has 168 valence electrons. The Balaban J connectivity index is 1.60. The topological polar surface area (TPSA) is 84.9 Å². The minimum absolute atomic E-state index is 0.132. The first kappa shape index (κ1) is 22.3. The first-order valence-electron chi connectivity index (χ1n) is 10.7. The molecule has 1 aromatic heterocycles. The highest BCUT2D eigenvalue weighted by atomic mass is 32.2. The van der Waals surface area contributed by atoms with Crippen LogP contribution in [0.1, 0.15) is 40.4 Å². The van der Waals surface area contributed by atoms with Crippen molar-refractivity contribution in [1.29, 1.82) is 0 Å². The van der Waals surface area contributed by atoms with Gasteiger partial charge in [-0.05, 0) is 61.9 Å². The van der Waals surface area contributed by atoms with Crippen molar-refractivity contribution in [2.24, 2.45) is 5.92 Å². The zero-order valence-electron chi connectivity index (χ0n) is 17.8. The summed E-state index contributed by atoms with van der Waals surface area (Å²) in [6.07, 6.45) is 3.15. The average Bonchev–Trinajstić information content (AvgIpc) is 3.19. The molecular weight excluding hydrogens is 436 g/mol. The van der Waals surface area contributed by atoms with Crippen LogP contribution in [0.3, 0.4) is 0 Å². The van der Waals surface area contributed by atoms with Gasteiger partial charge in [0.1, 0.15) is 5.75 Å². The molecule has 0 spiro atoms. The van der Waals surface area contributed by atoms with Gasteiger partial charge in [0, 0.05) is 18.0 Å². The molecule has 1 saturated heterocycles. The molecule has 1 N–H and O–H groups in total. The van der Waals surface area contributed by atoms with Gasteiger partial charge in [-0.15, -0.1) is 11.3 Å². The molecule has 0 bridgehead atoms. The molecule has 0 saturated carbocycles. The minimum Gasteiger partial charge on any atom is -0.492 e. The highest BCUT2D eigenvalue weighted by molar-refractivity contribution is 7.89. The van der Waals surface area contributed by atoms with Crippen LogP contribution in [0.5, 0.6) is 5.75 Å². The fourth-order valence-corrected chi connectivity index (χ4v) is 6.52. The maximum atomic E-state index is 13.0. The number of thiophene rings is 1. The number of hydrogen-bond acceptors (Lipinski definition) is 6. The maximum Gasteiger partial charge on any atom is 0.265 e. The monoisotopic (exact) mass is 464 g/mol. The minimum atomic E-state index is -3.68. The molecule has 1 aromatic carbocycles. The van der Waals surface area contributed by atoms with Crippen LogP contribution in [0.2, 0.25) is 0 Å². The van der Waals surface area contributed by atoms with Crippen LogP contribution >= 0.6 is 11.3 Å². The van der Waals surface area contributed by atoms with Crippen LogP contribution in [0.25, 0.3) is 0 Å². The fourth-order valence-electron chi connectivity index (χ4n) is 3.99. The van der Waals surface area contributed by atoms with E-state index in [0.29, 0.717) is 55.1 Å². The number of morpholine rings is 1. The van der Waals surface area contributed by atoms with Crippen LogP contribution in [0, 0.1) is 5.92 Å². The molecule has 7 nitrogen and oxygen atoms in total. The SMILES string of the molecule is CCOc1ccc(S(=O)(=O)N2CCOCC2)cc1NC(=O)c1cc2c(s1)CCC(C)C2. The number of ether oxygens (including phenoxy) is 2. The predicted molar refractivity (Wildman–Crippen MR) is 121 cm³/mol. The van der Waals surface area contributed by atoms with E-state index in [1.54, 1.807) is 6.07 Å². The Bertz CT molecular complexity index is 1060. The molecule has 9 heteroatoms. The molecule has 1 amide bonds. The molecule has 4 rings (SSSR count). The Kier molecular flexibility index (Phi) is 6.66. The van der Waals surface area contributed by atoms with Crippen molar-refractivity contribution >= 4 is 33.0 Å². The van der Waals surface area contributed by atoms with Crippen LogP contribution in [0.15, 0.2) is 29.2 Å². The molecule has 2 aromatic rings. The van der Waals surface area contributed by atoms with E-state index >= 15 is 0 Å². The molecule has 1 aliphatic carbocycles. The third-order valence-electron chi connectivity index (χ3n) is 5.66. The lowest BCUT2D eigenvalue weighted by molar-refractivity contribution is 0.0730. The zero-order chi connectivity index (χ0) is 22.0. The number of nitrogens with zero attached hydrogens (tertiary/aromatic N) is 1. The lowest BCUT2D eigenvalue weighted by Crippen LogP contribution is -2.40. The standard InChI is InChI=1S/C22H28N2O5S2/c1-3-29-19-6-5-17(31(26,27)24-8-10-28-11-9-24)14-18(19)23-22(25)21-13-16-12-15(2)4-7-20(16)30-21/h5-6,13-15H,3-4,7-12H2,1-2H3,(H,23,25). The lowest BCUT2D eigenvalue weighted by atomic mass is 9.90. The highest BCUT2D eigenvalue weighted by Gasteiger charge is 2.28. The Morgan fingerprint density at radius 1 is 1.29 bits per heavy atom. The van der Waals surface area contributed by atoms with Gasteiger partial charge in [0.25, 0.3) is 5.91 Å². The van der Waals surface area contributed by atoms with Gasteiger partial charge in [0.2, 0.25) is 10.0 Å². The highest BCUT2D eigenvalue weighted by Crippen LogP contribution is 2.34. The first-order valence-corrected chi connectivity index (χ1v) is 12.9.